The van der Waals surface area contributed by atoms with E-state index in [9.17, 15) is 15.2 Å². The molecule has 0 aliphatic carbocycles. The number of aromatic nitrogens is 1. The molecule has 0 fully saturated rings. The fourth-order valence-electron chi connectivity index (χ4n) is 1.71. The highest BCUT2D eigenvalue weighted by molar-refractivity contribution is 7.19. The van der Waals surface area contributed by atoms with Crippen LogP contribution in [0, 0.1) is 11.3 Å². The van der Waals surface area contributed by atoms with Crippen LogP contribution < -0.4 is 5.56 Å². The topological polar surface area (TPSA) is 74.0 Å². The molecule has 0 saturated carbocycles. The number of hydrogen-bond donors (Lipinski definition) is 1. The van der Waals surface area contributed by atoms with Crippen molar-refractivity contribution in [2.45, 2.75) is 12.8 Å². The Morgan fingerprint density at radius 1 is 1.45 bits per heavy atom. The molecule has 0 atom stereocenters. The van der Waals surface area contributed by atoms with Crippen molar-refractivity contribution >= 4 is 38.6 Å². The monoisotopic (exact) mass is 306 g/mol. The van der Waals surface area contributed by atoms with Crippen molar-refractivity contribution in [2.75, 3.05) is 5.88 Å². The Hall–Kier alpha value is -1.90. The van der Waals surface area contributed by atoms with Gasteiger partial charge in [0.15, 0.2) is 0 Å². The van der Waals surface area contributed by atoms with Gasteiger partial charge in [-0.25, -0.2) is 0 Å². The smallest absolute Gasteiger partial charge is 0.279 e. The molecule has 1 heterocycles. The molecular weight excluding hydrogens is 296 g/mol. The van der Waals surface area contributed by atoms with Gasteiger partial charge < -0.3 is 5.11 Å². The zero-order chi connectivity index (χ0) is 14.5. The number of halogens is 1. The van der Waals surface area contributed by atoms with Crippen LogP contribution in [0.2, 0.25) is 0 Å². The zero-order valence-electron chi connectivity index (χ0n) is 10.5. The normalized spacial score (nSPS) is 12.0. The Morgan fingerprint density at radius 2 is 2.20 bits per heavy atom. The van der Waals surface area contributed by atoms with E-state index in [1.54, 1.807) is 18.2 Å². The van der Waals surface area contributed by atoms with Crippen LogP contribution in [0.3, 0.4) is 0 Å². The summed E-state index contributed by atoms with van der Waals surface area (Å²) in [5, 5.41) is 19.8. The van der Waals surface area contributed by atoms with Gasteiger partial charge in [-0.3, -0.25) is 4.79 Å². The van der Waals surface area contributed by atoms with Gasteiger partial charge in [-0.2, -0.15) is 10.2 Å². The second-order valence-electron chi connectivity index (χ2n) is 4.05. The van der Waals surface area contributed by atoms with E-state index in [1.807, 2.05) is 12.1 Å². The molecule has 2 aromatic rings. The standard InChI is InChI=1S/C14H11ClN2O2S/c15-7-3-5-11(18)10(8-16)14-17-13(19)9-4-1-2-6-12(9)20-14/h1-2,4,6,18H,3,5,7H2. The van der Waals surface area contributed by atoms with E-state index in [2.05, 4.69) is 4.98 Å². The second-order valence-corrected chi connectivity index (χ2v) is 5.45. The first-order valence-corrected chi connectivity index (χ1v) is 7.31. The summed E-state index contributed by atoms with van der Waals surface area (Å²) in [5.41, 5.74) is -0.352. The predicted octanol–water partition coefficient (Wildman–Crippen LogP) is 3.47. The van der Waals surface area contributed by atoms with E-state index in [-0.39, 0.29) is 16.3 Å². The lowest BCUT2D eigenvalue weighted by Gasteiger charge is -2.03. The number of benzene rings is 1. The maximum atomic E-state index is 11.9. The lowest BCUT2D eigenvalue weighted by molar-refractivity contribution is 0.390. The fourth-order valence-corrected chi connectivity index (χ4v) is 2.86. The van der Waals surface area contributed by atoms with Gasteiger partial charge in [0.25, 0.3) is 5.56 Å². The van der Waals surface area contributed by atoms with Crippen molar-refractivity contribution in [2.24, 2.45) is 0 Å². The minimum atomic E-state index is -0.396. The van der Waals surface area contributed by atoms with E-state index in [4.69, 9.17) is 11.6 Å². The van der Waals surface area contributed by atoms with Gasteiger partial charge in [0.2, 0.25) is 0 Å². The average molecular weight is 307 g/mol. The number of rotatable bonds is 4. The van der Waals surface area contributed by atoms with Crippen LogP contribution in [0.15, 0.2) is 34.8 Å². The average Bonchev–Trinajstić information content (AvgIpc) is 2.46. The van der Waals surface area contributed by atoms with Gasteiger partial charge in [-0.05, 0) is 18.6 Å². The molecule has 0 unspecified atom stereocenters. The minimum Gasteiger partial charge on any atom is -0.511 e. The van der Waals surface area contributed by atoms with Crippen LogP contribution in [0.5, 0.6) is 0 Å². The van der Waals surface area contributed by atoms with Crippen LogP contribution in [0.1, 0.15) is 17.8 Å². The Kier molecular flexibility index (Phi) is 4.72. The molecule has 0 saturated heterocycles. The molecular formula is C14H11ClN2O2S. The molecule has 0 spiro atoms. The lowest BCUT2D eigenvalue weighted by Crippen LogP contribution is -2.07. The molecule has 0 aliphatic rings. The molecule has 20 heavy (non-hydrogen) atoms. The Labute approximate surface area is 124 Å². The summed E-state index contributed by atoms with van der Waals surface area (Å²) in [6, 6.07) is 8.96. The first-order valence-electron chi connectivity index (χ1n) is 5.95. The highest BCUT2D eigenvalue weighted by atomic mass is 35.5. The summed E-state index contributed by atoms with van der Waals surface area (Å²) in [5.74, 6) is 0.316. The number of hydrogen-bond acceptors (Lipinski definition) is 5. The van der Waals surface area contributed by atoms with Gasteiger partial charge >= 0.3 is 0 Å². The van der Waals surface area contributed by atoms with Gasteiger partial charge in [0.1, 0.15) is 22.4 Å². The van der Waals surface area contributed by atoms with E-state index in [0.717, 1.165) is 4.70 Å². The third-order valence-corrected chi connectivity index (χ3v) is 4.02. The molecule has 1 N–H and O–H groups in total. The highest BCUT2D eigenvalue weighted by Crippen LogP contribution is 2.25. The largest absolute Gasteiger partial charge is 0.511 e. The van der Waals surface area contributed by atoms with Gasteiger partial charge in [0.05, 0.1) is 5.39 Å². The molecule has 0 amide bonds. The summed E-state index contributed by atoms with van der Waals surface area (Å²) < 4.78 is 0.736. The Bertz CT molecular complexity index is 762. The van der Waals surface area contributed by atoms with E-state index >= 15 is 0 Å². The molecule has 0 radical (unpaired) electrons. The number of allylic oxidation sites excluding steroid dienone is 2. The van der Waals surface area contributed by atoms with Crippen LogP contribution in [0.4, 0.5) is 0 Å². The van der Waals surface area contributed by atoms with Gasteiger partial charge in [0, 0.05) is 17.0 Å². The lowest BCUT2D eigenvalue weighted by atomic mass is 10.2. The van der Waals surface area contributed by atoms with Crippen molar-refractivity contribution in [3.63, 3.8) is 0 Å². The SMILES string of the molecule is N#CC(=C(O)CCCCl)c1nc(=O)c2ccccc2s1. The fraction of sp³-hybridized carbons (Fsp3) is 0.214. The Morgan fingerprint density at radius 3 is 2.90 bits per heavy atom. The molecule has 1 aromatic heterocycles. The molecule has 2 rings (SSSR count). The number of fused-ring (bicyclic) bond motifs is 1. The van der Waals surface area contributed by atoms with Crippen molar-refractivity contribution in [1.29, 1.82) is 5.26 Å². The van der Waals surface area contributed by atoms with E-state index < -0.39 is 5.56 Å². The van der Waals surface area contributed by atoms with Gasteiger partial charge in [-0.15, -0.1) is 22.9 Å². The van der Waals surface area contributed by atoms with Crippen LogP contribution in [-0.2, 0) is 0 Å². The Balaban J connectivity index is 2.57. The third kappa shape index (κ3) is 2.98. The minimum absolute atomic E-state index is 0.0444. The predicted molar refractivity (Wildman–Crippen MR) is 81.0 cm³/mol. The summed E-state index contributed by atoms with van der Waals surface area (Å²) >= 11 is 6.77. The number of nitriles is 1. The summed E-state index contributed by atoms with van der Waals surface area (Å²) in [6.45, 7) is 0. The summed E-state index contributed by atoms with van der Waals surface area (Å²) in [7, 11) is 0. The first-order chi connectivity index (χ1) is 9.67. The summed E-state index contributed by atoms with van der Waals surface area (Å²) in [6.07, 6.45) is 0.850. The zero-order valence-corrected chi connectivity index (χ0v) is 12.0. The van der Waals surface area contributed by atoms with Gasteiger partial charge in [-0.1, -0.05) is 12.1 Å². The quantitative estimate of drug-likeness (QED) is 0.533. The van der Waals surface area contributed by atoms with Crippen molar-refractivity contribution in [1.82, 2.24) is 4.98 Å². The maximum absolute atomic E-state index is 11.9. The second kappa shape index (κ2) is 6.51. The van der Waals surface area contributed by atoms with Crippen molar-refractivity contribution < 1.29 is 5.11 Å². The first kappa shape index (κ1) is 14.5. The number of aliphatic hydroxyl groups excluding tert-OH is 1. The molecule has 1 aromatic carbocycles. The highest BCUT2D eigenvalue weighted by Gasteiger charge is 2.13. The number of alkyl halides is 1. The van der Waals surface area contributed by atoms with E-state index in [0.29, 0.717) is 24.1 Å². The van der Waals surface area contributed by atoms with Crippen LogP contribution >= 0.6 is 22.9 Å². The molecule has 6 heteroatoms. The van der Waals surface area contributed by atoms with E-state index in [1.165, 1.54) is 11.3 Å². The van der Waals surface area contributed by atoms with Crippen molar-refractivity contribution in [3.8, 4) is 6.07 Å². The molecule has 0 aliphatic heterocycles. The molecule has 4 nitrogen and oxygen atoms in total. The van der Waals surface area contributed by atoms with Crippen LogP contribution in [0.25, 0.3) is 15.7 Å². The van der Waals surface area contributed by atoms with Crippen LogP contribution in [-0.4, -0.2) is 16.0 Å². The molecule has 102 valence electrons. The molecule has 0 bridgehead atoms. The third-order valence-electron chi connectivity index (χ3n) is 2.69. The summed E-state index contributed by atoms with van der Waals surface area (Å²) in [4.78, 5) is 15.8. The number of aliphatic hydroxyl groups is 1. The number of nitrogens with zero attached hydrogens (tertiary/aromatic N) is 2. The maximum Gasteiger partial charge on any atom is 0.279 e. The van der Waals surface area contributed by atoms with Crippen molar-refractivity contribution in [3.05, 3.63) is 45.4 Å².